The van der Waals surface area contributed by atoms with Gasteiger partial charge in [-0.3, -0.25) is 19.2 Å². The number of amides is 3. The van der Waals surface area contributed by atoms with Crippen molar-refractivity contribution in [3.05, 3.63) is 65.2 Å². The van der Waals surface area contributed by atoms with Gasteiger partial charge in [-0.15, -0.1) is 0 Å². The lowest BCUT2D eigenvalue weighted by Gasteiger charge is -2.31. The molecular weight excluding hydrogens is 446 g/mol. The summed E-state index contributed by atoms with van der Waals surface area (Å²) < 4.78 is 5.89. The van der Waals surface area contributed by atoms with Gasteiger partial charge in [0.15, 0.2) is 5.78 Å². The van der Waals surface area contributed by atoms with Crippen LogP contribution in [0, 0.1) is 5.92 Å². The number of nitrogens with zero attached hydrogens (tertiary/aromatic N) is 2. The third kappa shape index (κ3) is 4.23. The lowest BCUT2D eigenvalue weighted by atomic mass is 9.93. The van der Waals surface area contributed by atoms with Gasteiger partial charge in [-0.2, -0.15) is 0 Å². The molecule has 0 radical (unpaired) electrons. The number of rotatable bonds is 7. The maximum atomic E-state index is 13.6. The predicted molar refractivity (Wildman–Crippen MR) is 128 cm³/mol. The van der Waals surface area contributed by atoms with Gasteiger partial charge in [0.25, 0.3) is 5.91 Å². The van der Waals surface area contributed by atoms with Crippen LogP contribution < -0.4 is 5.32 Å². The van der Waals surface area contributed by atoms with Crippen molar-refractivity contribution < 1.29 is 23.9 Å². The summed E-state index contributed by atoms with van der Waals surface area (Å²) in [5.41, 5.74) is 0.902. The van der Waals surface area contributed by atoms with Crippen molar-refractivity contribution >= 4 is 29.2 Å². The third-order valence-electron chi connectivity index (χ3n) is 7.22. The quantitative estimate of drug-likeness (QED) is 0.621. The van der Waals surface area contributed by atoms with Crippen LogP contribution in [0.4, 0.5) is 5.69 Å². The molecule has 2 atom stereocenters. The first-order valence-corrected chi connectivity index (χ1v) is 12.0. The van der Waals surface area contributed by atoms with Crippen LogP contribution in [0.25, 0.3) is 0 Å². The summed E-state index contributed by atoms with van der Waals surface area (Å²) in [5, 5.41) is 2.69. The molecule has 1 aliphatic heterocycles. The van der Waals surface area contributed by atoms with Gasteiger partial charge in [0, 0.05) is 37.2 Å². The molecule has 3 amide bonds. The van der Waals surface area contributed by atoms with Crippen LogP contribution >= 0.6 is 0 Å². The second kappa shape index (κ2) is 8.92. The number of carbonyl (C=O) groups excluding carboxylic acids is 4. The van der Waals surface area contributed by atoms with Crippen LogP contribution in [0.15, 0.2) is 48.5 Å². The normalized spacial score (nSPS) is 21.8. The lowest BCUT2D eigenvalue weighted by Crippen LogP contribution is -2.48. The molecule has 1 saturated heterocycles. The van der Waals surface area contributed by atoms with Crippen molar-refractivity contribution in [2.45, 2.75) is 51.3 Å². The minimum absolute atomic E-state index is 0.0596. The third-order valence-corrected chi connectivity index (χ3v) is 7.22. The van der Waals surface area contributed by atoms with Gasteiger partial charge in [-0.25, -0.2) is 0 Å². The van der Waals surface area contributed by atoms with E-state index >= 15 is 0 Å². The molecule has 2 aromatic carbocycles. The number of anilines is 1. The lowest BCUT2D eigenvalue weighted by molar-refractivity contribution is -0.149. The molecule has 1 heterocycles. The number of Topliss-reactive ketones (excluding diaryl/α,β-unsaturated/α-hetero) is 1. The summed E-state index contributed by atoms with van der Waals surface area (Å²) in [4.78, 5) is 54.8. The zero-order valence-corrected chi connectivity index (χ0v) is 20.0. The molecule has 0 unspecified atom stereocenters. The summed E-state index contributed by atoms with van der Waals surface area (Å²) in [5.74, 6) is -0.819. The van der Waals surface area contributed by atoms with E-state index in [-0.39, 0.29) is 43.3 Å². The van der Waals surface area contributed by atoms with Gasteiger partial charge in [-0.1, -0.05) is 36.4 Å². The molecule has 5 rings (SSSR count). The summed E-state index contributed by atoms with van der Waals surface area (Å²) in [6.07, 6.45) is 2.26. The van der Waals surface area contributed by atoms with Crippen molar-refractivity contribution in [2.75, 3.05) is 18.6 Å². The minimum atomic E-state index is -1.75. The number of ether oxygens (including phenoxy) is 1. The van der Waals surface area contributed by atoms with Crippen molar-refractivity contribution in [2.24, 2.45) is 5.92 Å². The number of ketones is 1. The smallest absolute Gasteiger partial charge is 0.269 e. The van der Waals surface area contributed by atoms with Crippen LogP contribution in [0.1, 0.15) is 43.4 Å². The highest BCUT2D eigenvalue weighted by Crippen LogP contribution is 2.43. The van der Waals surface area contributed by atoms with Crippen molar-refractivity contribution in [3.63, 3.8) is 0 Å². The Morgan fingerprint density at radius 1 is 1.17 bits per heavy atom. The average Bonchev–Trinajstić information content (AvgIpc) is 3.58. The van der Waals surface area contributed by atoms with Gasteiger partial charge >= 0.3 is 0 Å². The monoisotopic (exact) mass is 475 g/mol. The molecule has 3 aliphatic rings. The molecule has 182 valence electrons. The number of benzene rings is 2. The Morgan fingerprint density at radius 3 is 2.60 bits per heavy atom. The number of hydrogen-bond donors (Lipinski definition) is 1. The molecule has 2 aliphatic carbocycles. The van der Waals surface area contributed by atoms with Crippen LogP contribution in [-0.2, 0) is 42.5 Å². The largest absolute Gasteiger partial charge is 0.334 e. The van der Waals surface area contributed by atoms with Crippen molar-refractivity contribution in [3.8, 4) is 0 Å². The average molecular weight is 476 g/mol. The molecule has 8 heteroatoms. The molecule has 0 bridgehead atoms. The Kier molecular flexibility index (Phi) is 5.92. The second-order valence-electron chi connectivity index (χ2n) is 9.70. The summed E-state index contributed by atoms with van der Waals surface area (Å²) in [6.45, 7) is 3.62. The van der Waals surface area contributed by atoms with Crippen LogP contribution in [0.2, 0.25) is 0 Å². The Balaban J connectivity index is 1.37. The van der Waals surface area contributed by atoms with E-state index in [2.05, 4.69) is 12.2 Å². The molecule has 1 N–H and O–H groups in total. The maximum Gasteiger partial charge on any atom is 0.269 e. The molecule has 1 saturated carbocycles. The summed E-state index contributed by atoms with van der Waals surface area (Å²) in [6, 6.07) is 14.9. The zero-order chi connectivity index (χ0) is 24.7. The molecule has 2 aromatic rings. The fourth-order valence-electron chi connectivity index (χ4n) is 5.14. The maximum absolute atomic E-state index is 13.6. The molecule has 2 fully saturated rings. The van der Waals surface area contributed by atoms with E-state index in [9.17, 15) is 19.2 Å². The van der Waals surface area contributed by atoms with E-state index in [1.54, 1.807) is 18.2 Å². The highest BCUT2D eigenvalue weighted by Gasteiger charge is 2.59. The Labute approximate surface area is 204 Å². The number of nitrogens with one attached hydrogen (secondary N) is 1. The van der Waals surface area contributed by atoms with Crippen molar-refractivity contribution in [1.29, 1.82) is 0 Å². The predicted octanol–water partition coefficient (Wildman–Crippen LogP) is 2.61. The van der Waals surface area contributed by atoms with Crippen LogP contribution in [-0.4, -0.2) is 52.6 Å². The first-order chi connectivity index (χ1) is 16.8. The Hall–Kier alpha value is -3.52. The van der Waals surface area contributed by atoms with E-state index < -0.39 is 11.5 Å². The van der Waals surface area contributed by atoms with Gasteiger partial charge in [-0.05, 0) is 48.9 Å². The van der Waals surface area contributed by atoms with E-state index in [0.717, 1.165) is 18.4 Å². The second-order valence-corrected chi connectivity index (χ2v) is 9.70. The summed E-state index contributed by atoms with van der Waals surface area (Å²) in [7, 11) is 0. The van der Waals surface area contributed by atoms with Crippen molar-refractivity contribution in [1.82, 2.24) is 9.80 Å². The first-order valence-electron chi connectivity index (χ1n) is 12.0. The van der Waals surface area contributed by atoms with E-state index in [0.29, 0.717) is 29.3 Å². The highest BCUT2D eigenvalue weighted by molar-refractivity contribution is 6.15. The molecule has 0 aromatic heterocycles. The molecule has 8 nitrogen and oxygen atoms in total. The van der Waals surface area contributed by atoms with Crippen LogP contribution in [0.3, 0.4) is 0 Å². The molecule has 35 heavy (non-hydrogen) atoms. The highest BCUT2D eigenvalue weighted by atomic mass is 16.5. The van der Waals surface area contributed by atoms with Gasteiger partial charge < -0.3 is 19.9 Å². The number of hydrogen-bond acceptors (Lipinski definition) is 5. The van der Waals surface area contributed by atoms with Gasteiger partial charge in [0.2, 0.25) is 17.4 Å². The van der Waals surface area contributed by atoms with E-state index in [1.165, 1.54) is 11.8 Å². The first kappa shape index (κ1) is 23.2. The fraction of sp³-hybridized carbons (Fsp3) is 0.407. The minimum Gasteiger partial charge on any atom is -0.334 e. The SMILES string of the molecule is CC(=O)Nc1ccc2c(c1)[C@]1(OCN(CC(=O)N(Cc3ccccc3)[C@@H](C)C3CC3)C1=O)C(=O)C2. The zero-order valence-electron chi connectivity index (χ0n) is 20.0. The topological polar surface area (TPSA) is 96.0 Å². The number of fused-ring (bicyclic) bond motifs is 2. The number of carbonyl (C=O) groups is 4. The van der Waals surface area contributed by atoms with Gasteiger partial charge in [0.1, 0.15) is 13.3 Å². The van der Waals surface area contributed by atoms with E-state index in [1.807, 2.05) is 35.2 Å². The summed E-state index contributed by atoms with van der Waals surface area (Å²) >= 11 is 0. The van der Waals surface area contributed by atoms with Crippen LogP contribution in [0.5, 0.6) is 0 Å². The fourth-order valence-corrected chi connectivity index (χ4v) is 5.14. The van der Waals surface area contributed by atoms with E-state index in [4.69, 9.17) is 4.74 Å². The Morgan fingerprint density at radius 2 is 1.91 bits per heavy atom. The standard InChI is InChI=1S/C27H29N3O5/c1-17(20-8-9-20)30(14-19-6-4-3-5-7-19)25(33)15-29-16-35-27(26(29)34)23-13-22(28-18(2)31)11-10-21(23)12-24(27)32/h3-7,10-11,13,17,20H,8-9,12,14-16H2,1-2H3,(H,28,31)/t17-,27-/m0/s1. The van der Waals surface area contributed by atoms with Gasteiger partial charge in [0.05, 0.1) is 0 Å². The Bertz CT molecular complexity index is 1190. The molecule has 1 spiro atoms. The molecular formula is C27H29N3O5.